The molecule has 2 aromatic rings. The SMILES string of the molecule is Cc1ccnc(N(C)C(C)c2cccs2)c1C(=N)N. The molecule has 5 heteroatoms. The number of nitrogens with two attached hydrogens (primary N) is 1. The van der Waals surface area contributed by atoms with Gasteiger partial charge in [0, 0.05) is 18.1 Å². The van der Waals surface area contributed by atoms with E-state index in [2.05, 4.69) is 28.3 Å². The molecule has 2 heterocycles. The third-order valence-corrected chi connectivity index (χ3v) is 4.32. The number of hydrogen-bond acceptors (Lipinski definition) is 4. The predicted molar refractivity (Wildman–Crippen MR) is 81.1 cm³/mol. The molecule has 0 aliphatic heterocycles. The minimum atomic E-state index is 0.0610. The third-order valence-electron chi connectivity index (χ3n) is 3.28. The summed E-state index contributed by atoms with van der Waals surface area (Å²) in [5.74, 6) is 0.819. The van der Waals surface area contributed by atoms with Crippen LogP contribution in [0.25, 0.3) is 0 Å². The molecule has 3 N–H and O–H groups in total. The second kappa shape index (κ2) is 5.40. The summed E-state index contributed by atoms with van der Waals surface area (Å²) in [6.45, 7) is 4.07. The van der Waals surface area contributed by atoms with Gasteiger partial charge in [-0.1, -0.05) is 6.07 Å². The fourth-order valence-corrected chi connectivity index (χ4v) is 2.87. The number of amidine groups is 1. The quantitative estimate of drug-likeness (QED) is 0.665. The highest BCUT2D eigenvalue weighted by Crippen LogP contribution is 2.29. The van der Waals surface area contributed by atoms with Gasteiger partial charge >= 0.3 is 0 Å². The van der Waals surface area contributed by atoms with Crippen molar-refractivity contribution in [2.45, 2.75) is 19.9 Å². The number of hydrogen-bond donors (Lipinski definition) is 2. The highest BCUT2D eigenvalue weighted by molar-refractivity contribution is 7.10. The van der Waals surface area contributed by atoms with Gasteiger partial charge in [0.1, 0.15) is 11.7 Å². The van der Waals surface area contributed by atoms with Gasteiger partial charge in [-0.3, -0.25) is 5.41 Å². The van der Waals surface area contributed by atoms with Crippen LogP contribution in [0.3, 0.4) is 0 Å². The van der Waals surface area contributed by atoms with Crippen LogP contribution >= 0.6 is 11.3 Å². The van der Waals surface area contributed by atoms with Crippen molar-refractivity contribution in [2.24, 2.45) is 5.73 Å². The van der Waals surface area contributed by atoms with Crippen molar-refractivity contribution >= 4 is 23.0 Å². The standard InChI is InChI=1S/C14H18N4S/c1-9-6-7-17-14(12(9)13(15)16)18(3)10(2)11-5-4-8-19-11/h4-8,10H,1-3H3,(H3,15,16). The Hall–Kier alpha value is -1.88. The van der Waals surface area contributed by atoms with Crippen LogP contribution in [-0.2, 0) is 0 Å². The van der Waals surface area contributed by atoms with Gasteiger partial charge in [-0.15, -0.1) is 11.3 Å². The average molecular weight is 274 g/mol. The van der Waals surface area contributed by atoms with Crippen LogP contribution < -0.4 is 10.6 Å². The smallest absolute Gasteiger partial charge is 0.140 e. The molecular formula is C14H18N4S. The summed E-state index contributed by atoms with van der Waals surface area (Å²) in [6.07, 6.45) is 1.76. The van der Waals surface area contributed by atoms with Gasteiger partial charge in [0.05, 0.1) is 11.6 Å². The topological polar surface area (TPSA) is 66.0 Å². The van der Waals surface area contributed by atoms with Crippen molar-refractivity contribution in [1.82, 2.24) is 4.98 Å². The van der Waals surface area contributed by atoms with Gasteiger partial charge in [0.25, 0.3) is 0 Å². The largest absolute Gasteiger partial charge is 0.384 e. The molecule has 4 nitrogen and oxygen atoms in total. The van der Waals surface area contributed by atoms with E-state index in [4.69, 9.17) is 11.1 Å². The molecular weight excluding hydrogens is 256 g/mol. The van der Waals surface area contributed by atoms with Crippen molar-refractivity contribution in [2.75, 3.05) is 11.9 Å². The first-order valence-corrected chi connectivity index (χ1v) is 6.96. The number of thiophene rings is 1. The Balaban J connectivity index is 2.42. The zero-order chi connectivity index (χ0) is 14.0. The number of aromatic nitrogens is 1. The van der Waals surface area contributed by atoms with Crippen molar-refractivity contribution in [3.8, 4) is 0 Å². The lowest BCUT2D eigenvalue weighted by Gasteiger charge is -2.27. The van der Waals surface area contributed by atoms with E-state index in [1.807, 2.05) is 26.1 Å². The lowest BCUT2D eigenvalue weighted by Crippen LogP contribution is -2.26. The number of anilines is 1. The van der Waals surface area contributed by atoms with E-state index < -0.39 is 0 Å². The number of pyridine rings is 1. The first-order chi connectivity index (χ1) is 9.02. The lowest BCUT2D eigenvalue weighted by atomic mass is 10.1. The highest BCUT2D eigenvalue weighted by atomic mass is 32.1. The van der Waals surface area contributed by atoms with Gasteiger partial charge in [0.2, 0.25) is 0 Å². The number of aryl methyl sites for hydroxylation is 1. The summed E-state index contributed by atoms with van der Waals surface area (Å²) in [6, 6.07) is 6.23. The molecule has 100 valence electrons. The molecule has 19 heavy (non-hydrogen) atoms. The van der Waals surface area contributed by atoms with E-state index in [1.54, 1.807) is 17.5 Å². The molecule has 0 fully saturated rings. The van der Waals surface area contributed by atoms with E-state index in [-0.39, 0.29) is 11.9 Å². The molecule has 0 aromatic carbocycles. The minimum Gasteiger partial charge on any atom is -0.384 e. The van der Waals surface area contributed by atoms with Gasteiger partial charge in [0.15, 0.2) is 0 Å². The van der Waals surface area contributed by atoms with E-state index in [0.29, 0.717) is 5.56 Å². The molecule has 2 rings (SSSR count). The van der Waals surface area contributed by atoms with Crippen LogP contribution in [0.4, 0.5) is 5.82 Å². The molecule has 1 unspecified atom stereocenters. The second-order valence-corrected chi connectivity index (χ2v) is 5.52. The molecule has 1 atom stereocenters. The van der Waals surface area contributed by atoms with Crippen LogP contribution in [0.5, 0.6) is 0 Å². The van der Waals surface area contributed by atoms with Crippen LogP contribution in [0, 0.1) is 12.3 Å². The normalized spacial score (nSPS) is 12.2. The van der Waals surface area contributed by atoms with Crippen molar-refractivity contribution < 1.29 is 0 Å². The summed E-state index contributed by atoms with van der Waals surface area (Å²) in [5, 5.41) is 9.80. The lowest BCUT2D eigenvalue weighted by molar-refractivity contribution is 0.740. The average Bonchev–Trinajstić information content (AvgIpc) is 2.90. The molecule has 0 saturated heterocycles. The first-order valence-electron chi connectivity index (χ1n) is 6.08. The Morgan fingerprint density at radius 3 is 2.79 bits per heavy atom. The van der Waals surface area contributed by atoms with Gasteiger partial charge < -0.3 is 10.6 Å². The van der Waals surface area contributed by atoms with Crippen molar-refractivity contribution in [3.63, 3.8) is 0 Å². The fraction of sp³-hybridized carbons (Fsp3) is 0.286. The maximum atomic E-state index is 7.74. The van der Waals surface area contributed by atoms with Crippen LogP contribution in [0.1, 0.15) is 29.0 Å². The van der Waals surface area contributed by atoms with Crippen LogP contribution in [0.2, 0.25) is 0 Å². The third kappa shape index (κ3) is 2.61. The summed E-state index contributed by atoms with van der Waals surface area (Å²) < 4.78 is 0. The number of rotatable bonds is 4. The van der Waals surface area contributed by atoms with Gasteiger partial charge in [-0.2, -0.15) is 0 Å². The molecule has 0 aliphatic rings. The van der Waals surface area contributed by atoms with Crippen LogP contribution in [0.15, 0.2) is 29.8 Å². The monoisotopic (exact) mass is 274 g/mol. The van der Waals surface area contributed by atoms with E-state index >= 15 is 0 Å². The zero-order valence-electron chi connectivity index (χ0n) is 11.3. The Bertz CT molecular complexity index is 577. The van der Waals surface area contributed by atoms with Gasteiger partial charge in [-0.05, 0) is 36.9 Å². The Kier molecular flexibility index (Phi) is 3.85. The second-order valence-electron chi connectivity index (χ2n) is 4.54. The summed E-state index contributed by atoms with van der Waals surface area (Å²) in [5.41, 5.74) is 7.38. The highest BCUT2D eigenvalue weighted by Gasteiger charge is 2.19. The summed E-state index contributed by atoms with van der Waals surface area (Å²) in [7, 11) is 1.98. The Morgan fingerprint density at radius 2 is 2.21 bits per heavy atom. The summed E-state index contributed by atoms with van der Waals surface area (Å²) in [4.78, 5) is 7.73. The van der Waals surface area contributed by atoms with Crippen molar-refractivity contribution in [3.05, 3.63) is 45.8 Å². The van der Waals surface area contributed by atoms with E-state index in [9.17, 15) is 0 Å². The maximum Gasteiger partial charge on any atom is 0.140 e. The maximum absolute atomic E-state index is 7.74. The van der Waals surface area contributed by atoms with Crippen molar-refractivity contribution in [1.29, 1.82) is 5.41 Å². The van der Waals surface area contributed by atoms with Crippen LogP contribution in [-0.4, -0.2) is 17.9 Å². The molecule has 0 aliphatic carbocycles. The van der Waals surface area contributed by atoms with Gasteiger partial charge in [-0.25, -0.2) is 4.98 Å². The fourth-order valence-electron chi connectivity index (χ4n) is 2.05. The molecule has 0 amide bonds. The molecule has 0 bridgehead atoms. The van der Waals surface area contributed by atoms with E-state index in [1.165, 1.54) is 4.88 Å². The molecule has 0 saturated carbocycles. The predicted octanol–water partition coefficient (Wildman–Crippen LogP) is 2.93. The summed E-state index contributed by atoms with van der Waals surface area (Å²) >= 11 is 1.72. The Labute approximate surface area is 117 Å². The molecule has 0 spiro atoms. The number of nitrogen functional groups attached to an aromatic ring is 1. The number of nitrogens with one attached hydrogen (secondary N) is 1. The zero-order valence-corrected chi connectivity index (χ0v) is 12.2. The first kappa shape index (κ1) is 13.5. The number of nitrogens with zero attached hydrogens (tertiary/aromatic N) is 2. The van der Waals surface area contributed by atoms with E-state index in [0.717, 1.165) is 11.4 Å². The minimum absolute atomic E-state index is 0.0610. The molecule has 2 aromatic heterocycles. The Morgan fingerprint density at radius 1 is 1.47 bits per heavy atom. The molecule has 0 radical (unpaired) electrons.